The number of rotatable bonds is 39. The van der Waals surface area contributed by atoms with E-state index in [0.29, 0.717) is 31.4 Å². The molecule has 2 aliphatic rings. The van der Waals surface area contributed by atoms with Gasteiger partial charge in [-0.15, -0.1) is 11.8 Å². The van der Waals surface area contributed by atoms with E-state index >= 15 is 0 Å². The molecule has 9 amide bonds. The maximum atomic E-state index is 13.0. The lowest BCUT2D eigenvalue weighted by Crippen LogP contribution is -2.68. The predicted octanol–water partition coefficient (Wildman–Crippen LogP) is -8.39. The van der Waals surface area contributed by atoms with Gasteiger partial charge in [0, 0.05) is 78.6 Å². The van der Waals surface area contributed by atoms with Gasteiger partial charge in [-0.05, 0) is 39.0 Å². The van der Waals surface area contributed by atoms with Crippen molar-refractivity contribution in [3.63, 3.8) is 0 Å². The first-order valence-electron chi connectivity index (χ1n) is 24.8. The van der Waals surface area contributed by atoms with Crippen molar-refractivity contribution in [2.75, 3.05) is 68.9 Å². The third kappa shape index (κ3) is 31.6. The van der Waals surface area contributed by atoms with Gasteiger partial charge in [0.1, 0.15) is 18.1 Å². The number of thiol groups is 1. The molecule has 33 heteroatoms. The topological polar surface area (TPSA) is 468 Å². The molecule has 2 heterocycles. The number of carbonyl (C=O) groups is 12. The number of carbonyl (C=O) groups excluding carboxylic acids is 12. The molecule has 0 aromatic carbocycles. The first-order valence-corrected chi connectivity index (χ1v) is 29.9. The van der Waals surface area contributed by atoms with Gasteiger partial charge in [0.05, 0.1) is 73.3 Å². The van der Waals surface area contributed by atoms with Crippen LogP contribution in [0.1, 0.15) is 79.1 Å². The summed E-state index contributed by atoms with van der Waals surface area (Å²) in [5.74, 6) is -8.51. The summed E-state index contributed by atoms with van der Waals surface area (Å²) >= 11 is 6.74. The van der Waals surface area contributed by atoms with E-state index < -0.39 is 89.5 Å². The molecule has 28 nitrogen and oxygen atoms in total. The van der Waals surface area contributed by atoms with E-state index in [4.69, 9.17) is 10.5 Å². The van der Waals surface area contributed by atoms with Crippen LogP contribution in [-0.4, -0.2) is 192 Å². The number of ether oxygens (including phenoxy) is 1. The maximum absolute atomic E-state index is 13.0. The van der Waals surface area contributed by atoms with Gasteiger partial charge in [0.25, 0.3) is 0 Å². The Kier molecular flexibility index (Phi) is 35.2. The van der Waals surface area contributed by atoms with E-state index in [1.165, 1.54) is 21.6 Å². The van der Waals surface area contributed by atoms with Gasteiger partial charge in [-0.1, -0.05) is 41.9 Å². The fourth-order valence-corrected chi connectivity index (χ4v) is 12.4. The van der Waals surface area contributed by atoms with Crippen LogP contribution in [0, 0.1) is 5.92 Å². The van der Waals surface area contributed by atoms with Gasteiger partial charge in [0.15, 0.2) is 0 Å². The molecule has 2 aliphatic heterocycles. The molecule has 5 unspecified atom stereocenters. The van der Waals surface area contributed by atoms with Crippen molar-refractivity contribution in [3.05, 3.63) is 0 Å². The Hall–Kier alpha value is -4.93. The Morgan fingerprint density at radius 2 is 1.36 bits per heavy atom. The van der Waals surface area contributed by atoms with Gasteiger partial charge in [0.2, 0.25) is 41.4 Å². The summed E-state index contributed by atoms with van der Waals surface area (Å²) in [5, 5.41) is 65.5. The van der Waals surface area contributed by atoms with Crippen LogP contribution < -0.4 is 79.7 Å². The third-order valence-corrected chi connectivity index (χ3v) is 17.8. The zero-order valence-electron chi connectivity index (χ0n) is 43.9. The molecule has 2 fully saturated rings. The molecule has 444 valence electrons. The highest BCUT2D eigenvalue weighted by Crippen LogP contribution is 2.40. The lowest BCUT2D eigenvalue weighted by atomic mass is 10.0. The lowest BCUT2D eigenvalue weighted by Gasteiger charge is -2.27. The summed E-state index contributed by atoms with van der Waals surface area (Å²) < 4.78 is 5.11. The Labute approximate surface area is 474 Å². The minimum atomic E-state index is -1.53. The SMILES string of the molecule is CC(C)C(SSC(C)(C)CNC(=O)CSCC(NC(=O)CCC([NH3+])C(=O)[O-])C(=O)NCC(=O)[O-])C(=O)NCCOCCNC(=O)CCCC[C@H]1SC[C@H]2NC(=O)N[C@H]21.NC(CCC(=O)NC(CS)C(=O)NCC(=O)[O-])C(=O)[O-]. The first kappa shape index (κ1) is 71.1. The number of urea groups is 1. The third-order valence-electron chi connectivity index (χ3n) is 11.0. The van der Waals surface area contributed by atoms with Gasteiger partial charge in [-0.2, -0.15) is 24.4 Å². The number of nitrogens with one attached hydrogen (secondary N) is 9. The second kappa shape index (κ2) is 38.6. The number of hydrogen-bond donors (Lipinski definition) is 12. The molecule has 0 radical (unpaired) electrons. The zero-order valence-corrected chi connectivity index (χ0v) is 48.1. The second-order valence-corrected chi connectivity index (χ2v) is 24.4. The molecule has 78 heavy (non-hydrogen) atoms. The van der Waals surface area contributed by atoms with Gasteiger partial charge >= 0.3 is 6.03 Å². The van der Waals surface area contributed by atoms with E-state index in [1.54, 1.807) is 0 Å². The summed E-state index contributed by atoms with van der Waals surface area (Å²) in [5.41, 5.74) is 8.53. The largest absolute Gasteiger partial charge is 0.548 e. The molecule has 8 atom stereocenters. The van der Waals surface area contributed by atoms with Crippen molar-refractivity contribution in [1.82, 2.24) is 47.9 Å². The van der Waals surface area contributed by atoms with Crippen LogP contribution in [-0.2, 0) is 57.5 Å². The number of aliphatic carboxylic acids is 4. The Morgan fingerprint density at radius 1 is 0.769 bits per heavy atom. The van der Waals surface area contributed by atoms with Crippen molar-refractivity contribution in [2.45, 2.75) is 131 Å². The normalized spacial score (nSPS) is 17.4. The van der Waals surface area contributed by atoms with Crippen molar-refractivity contribution >= 4 is 129 Å². The van der Waals surface area contributed by atoms with Crippen molar-refractivity contribution in [2.24, 2.45) is 11.7 Å². The second-order valence-electron chi connectivity index (χ2n) is 18.6. The average molecular weight is 1200 g/mol. The number of thioether (sulfide) groups is 2. The van der Waals surface area contributed by atoms with E-state index in [2.05, 4.69) is 60.9 Å². The Bertz CT molecular complexity index is 2030. The van der Waals surface area contributed by atoms with E-state index in [9.17, 15) is 78.0 Å². The number of amides is 9. The zero-order chi connectivity index (χ0) is 59.0. The summed E-state index contributed by atoms with van der Waals surface area (Å²) in [6, 6.07) is -4.37. The number of fused-ring (bicyclic) bond motifs is 1. The molecule has 2 saturated heterocycles. The minimum absolute atomic E-state index is 0.0106. The predicted molar refractivity (Wildman–Crippen MR) is 286 cm³/mol. The van der Waals surface area contributed by atoms with Crippen LogP contribution >= 0.6 is 57.7 Å². The van der Waals surface area contributed by atoms with Crippen LogP contribution in [0.15, 0.2) is 0 Å². The van der Waals surface area contributed by atoms with Crippen LogP contribution in [0.3, 0.4) is 0 Å². The number of quaternary nitrogens is 1. The summed E-state index contributed by atoms with van der Waals surface area (Å²) in [7, 11) is 2.86. The van der Waals surface area contributed by atoms with Crippen LogP contribution in [0.4, 0.5) is 4.79 Å². The van der Waals surface area contributed by atoms with E-state index in [-0.39, 0.29) is 103 Å². The quantitative estimate of drug-likeness (QED) is 0.0118. The van der Waals surface area contributed by atoms with E-state index in [0.717, 1.165) is 36.8 Å². The number of carboxylic acids is 4. The molecule has 0 aromatic heterocycles. The fraction of sp³-hybridized carbons (Fsp3) is 0.733. The summed E-state index contributed by atoms with van der Waals surface area (Å²) in [6.07, 6.45) is 2.32. The highest BCUT2D eigenvalue weighted by atomic mass is 33.1. The van der Waals surface area contributed by atoms with Crippen LogP contribution in [0.25, 0.3) is 0 Å². The van der Waals surface area contributed by atoms with Crippen LogP contribution in [0.5, 0.6) is 0 Å². The molecule has 14 N–H and O–H groups in total. The Morgan fingerprint density at radius 3 is 1.94 bits per heavy atom. The van der Waals surface area contributed by atoms with Crippen molar-refractivity contribution in [3.8, 4) is 0 Å². The molecule has 0 aromatic rings. The molecule has 0 spiro atoms. The molecule has 0 saturated carbocycles. The smallest absolute Gasteiger partial charge is 0.315 e. The first-order chi connectivity index (χ1) is 36.7. The molecule has 0 bridgehead atoms. The average Bonchev–Trinajstić information content (AvgIpc) is 3.93. The lowest BCUT2D eigenvalue weighted by molar-refractivity contribution is -0.438. The number of unbranched alkanes of at least 4 members (excludes halogenated alkanes) is 1. The monoisotopic (exact) mass is 1200 g/mol. The number of carboxylic acid groups (broad SMARTS) is 4. The van der Waals surface area contributed by atoms with Gasteiger partial charge < -0.3 is 104 Å². The highest BCUT2D eigenvalue weighted by Gasteiger charge is 2.42. The number of nitrogens with two attached hydrogens (primary N) is 1. The summed E-state index contributed by atoms with van der Waals surface area (Å²) in [6.45, 7) is 7.79. The molecular formula is C45H74N11O17S5-3. The maximum Gasteiger partial charge on any atom is 0.315 e. The Balaban J connectivity index is 0.00000128. The number of hydrogen-bond acceptors (Lipinski definition) is 23. The minimum Gasteiger partial charge on any atom is -0.548 e. The summed E-state index contributed by atoms with van der Waals surface area (Å²) in [4.78, 5) is 139. The van der Waals surface area contributed by atoms with Gasteiger partial charge in [-0.25, -0.2) is 4.79 Å². The van der Waals surface area contributed by atoms with Gasteiger partial charge in [-0.3, -0.25) is 33.6 Å². The fourth-order valence-electron chi connectivity index (χ4n) is 6.68. The highest BCUT2D eigenvalue weighted by molar-refractivity contribution is 8.77. The molecule has 2 rings (SSSR count). The molecule has 0 aliphatic carbocycles. The van der Waals surface area contributed by atoms with Crippen molar-refractivity contribution < 1.29 is 88.4 Å². The molecular weight excluding hydrogens is 1130 g/mol. The van der Waals surface area contributed by atoms with E-state index in [1.807, 2.05) is 44.8 Å². The van der Waals surface area contributed by atoms with Crippen LogP contribution in [0.2, 0.25) is 0 Å². The standard InChI is InChI=1S/C35H60N8O11S4.C10H17N3O6S/c1-20(2)30(32(50)38-12-14-54-13-11-37-25(44)8-6-5-7-24-29-22(17-56-24)42-34(53)43-29)57-58-35(3,4)19-40-27(46)18-55-16-23(31(49)39-15-28(47)48)41-26(45)10-9-21(36)33(51)52;11-5(10(18)19)1-2-7(14)13-6(4-20)9(17)12-3-8(15)16/h20-24,29-30H,5-19,36H2,1-4H3,(H,37,44)(H,38,50)(H,39,49)(H,40,46)(H,41,45)(H,47,48)(H,51,52)(H2,42,43,53);5-6,20H,1-4,11H2,(H,12,17)(H,13,14)(H,15,16)(H,18,19)/p-3/t21?,22-,23?,24-,29-,30?;/m1./s1. The van der Waals surface area contributed by atoms with Crippen molar-refractivity contribution in [1.29, 1.82) is 0 Å².